The summed E-state index contributed by atoms with van der Waals surface area (Å²) in [6.07, 6.45) is -2.88. The van der Waals surface area contributed by atoms with Crippen LogP contribution in [0.4, 0.5) is 18.9 Å². The van der Waals surface area contributed by atoms with Gasteiger partial charge in [0.1, 0.15) is 11.9 Å². The number of alkyl halides is 3. The number of anilines is 1. The average molecular weight is 650 g/mol. The molecule has 2 aromatic rings. The number of nitrogens with zero attached hydrogens (tertiary/aromatic N) is 3. The van der Waals surface area contributed by atoms with E-state index in [9.17, 15) is 34.8 Å². The summed E-state index contributed by atoms with van der Waals surface area (Å²) in [5, 5.41) is 3.96. The molecule has 2 aliphatic heterocycles. The first kappa shape index (κ1) is 31.4. The molecule has 3 heterocycles. The molecule has 3 aliphatic rings. The molecule has 11 nitrogen and oxygen atoms in total. The number of esters is 1. The molecule has 1 aromatic heterocycles. The Morgan fingerprint density at radius 1 is 1.14 bits per heavy atom. The molecule has 0 unspecified atom stereocenters. The van der Waals surface area contributed by atoms with Gasteiger partial charge in [-0.05, 0) is 70.1 Å². The second-order valence-electron chi connectivity index (χ2n) is 11.6. The largest absolute Gasteiger partial charge is 0.486 e. The van der Waals surface area contributed by atoms with Crippen molar-refractivity contribution in [3.8, 4) is 11.6 Å². The van der Waals surface area contributed by atoms with Crippen LogP contribution in [0.3, 0.4) is 0 Å². The number of sulfonamides is 1. The van der Waals surface area contributed by atoms with Crippen molar-refractivity contribution in [3.63, 3.8) is 0 Å². The summed E-state index contributed by atoms with van der Waals surface area (Å²) in [6.45, 7) is 1.76. The summed E-state index contributed by atoms with van der Waals surface area (Å²) in [4.78, 5) is 12.4. The van der Waals surface area contributed by atoms with Crippen LogP contribution in [0.25, 0.3) is 0 Å². The highest BCUT2D eigenvalue weighted by atomic mass is 32.2. The summed E-state index contributed by atoms with van der Waals surface area (Å²) in [6, 6.07) is 4.20. The first-order valence-corrected chi connectivity index (χ1v) is 17.1. The van der Waals surface area contributed by atoms with E-state index in [1.54, 1.807) is 4.68 Å². The van der Waals surface area contributed by atoms with Gasteiger partial charge in [-0.3, -0.25) is 13.8 Å². The Hall–Kier alpha value is -3.01. The standard InChI is InChI=1S/C27H34F3N3O8S2/c1-26(2,27(28,29)30)41-23(34)15-17-7-10-22-21(14-17)33(16-18(40-22)11-13-42(35,36)19-8-9-19)43(37,38)24-20-6-4-5-12-32(20)31-25(24)39-3/h7,10,14,18-19H,4-6,8-9,11-13,15-16H2,1-3H3/t18-/m0/s1. The quantitative estimate of drug-likeness (QED) is 0.354. The third kappa shape index (κ3) is 6.30. The van der Waals surface area contributed by atoms with Crippen molar-refractivity contribution in [1.82, 2.24) is 9.78 Å². The maximum absolute atomic E-state index is 14.4. The minimum absolute atomic E-state index is 0.0498. The smallest absolute Gasteiger partial charge is 0.427 e. The molecule has 1 fully saturated rings. The van der Waals surface area contributed by atoms with Crippen molar-refractivity contribution in [2.75, 3.05) is 23.7 Å². The SMILES string of the molecule is COc1nn2c(c1S(=O)(=O)N1C[C@H](CCS(=O)(=O)C3CC3)Oc3ccc(CC(=O)OC(C)(C)C(F)(F)F)cc31)CCCC2. The number of ether oxygens (including phenoxy) is 3. The molecule has 0 N–H and O–H groups in total. The van der Waals surface area contributed by atoms with Crippen LogP contribution >= 0.6 is 0 Å². The van der Waals surface area contributed by atoms with Crippen LogP contribution in [0.15, 0.2) is 23.1 Å². The highest BCUT2D eigenvalue weighted by molar-refractivity contribution is 7.93. The Labute approximate surface area is 248 Å². The van der Waals surface area contributed by atoms with Crippen molar-refractivity contribution in [1.29, 1.82) is 0 Å². The van der Waals surface area contributed by atoms with E-state index < -0.39 is 50.1 Å². The topological polar surface area (TPSA) is 134 Å². The van der Waals surface area contributed by atoms with Crippen LogP contribution in [-0.2, 0) is 48.8 Å². The fraction of sp³-hybridized carbons (Fsp3) is 0.630. The van der Waals surface area contributed by atoms with E-state index >= 15 is 0 Å². The molecule has 238 valence electrons. The number of fused-ring (bicyclic) bond motifs is 2. The van der Waals surface area contributed by atoms with Gasteiger partial charge in [-0.25, -0.2) is 16.8 Å². The molecular formula is C27H34F3N3O8S2. The molecule has 0 bridgehead atoms. The van der Waals surface area contributed by atoms with Gasteiger partial charge in [0.15, 0.2) is 14.7 Å². The lowest BCUT2D eigenvalue weighted by Crippen LogP contribution is -2.44. The molecular weight excluding hydrogens is 615 g/mol. The van der Waals surface area contributed by atoms with E-state index in [-0.39, 0.29) is 51.7 Å². The van der Waals surface area contributed by atoms with Gasteiger partial charge in [0.25, 0.3) is 15.9 Å². The van der Waals surface area contributed by atoms with E-state index in [2.05, 4.69) is 9.84 Å². The number of halogens is 3. The summed E-state index contributed by atoms with van der Waals surface area (Å²) < 4.78 is 112. The molecule has 0 radical (unpaired) electrons. The van der Waals surface area contributed by atoms with Crippen LogP contribution < -0.4 is 13.8 Å². The molecule has 0 spiro atoms. The Morgan fingerprint density at radius 2 is 1.86 bits per heavy atom. The zero-order chi connectivity index (χ0) is 31.4. The number of benzene rings is 1. The van der Waals surface area contributed by atoms with Gasteiger partial charge in [-0.2, -0.15) is 13.2 Å². The van der Waals surface area contributed by atoms with Crippen molar-refractivity contribution in [2.45, 2.75) is 93.4 Å². The van der Waals surface area contributed by atoms with Crippen molar-refractivity contribution >= 4 is 31.5 Å². The normalized spacial score (nSPS) is 19.3. The zero-order valence-corrected chi connectivity index (χ0v) is 25.6. The predicted molar refractivity (Wildman–Crippen MR) is 148 cm³/mol. The summed E-state index contributed by atoms with van der Waals surface area (Å²) >= 11 is 0. The summed E-state index contributed by atoms with van der Waals surface area (Å²) in [7, 11) is -6.39. The Bertz CT molecular complexity index is 1620. The molecule has 1 aliphatic carbocycles. The minimum atomic E-state index is -4.79. The number of hydrogen-bond acceptors (Lipinski definition) is 9. The molecule has 1 saturated carbocycles. The Morgan fingerprint density at radius 3 is 2.51 bits per heavy atom. The number of aryl methyl sites for hydroxylation is 1. The van der Waals surface area contributed by atoms with Gasteiger partial charge < -0.3 is 14.2 Å². The second kappa shape index (κ2) is 11.2. The predicted octanol–water partition coefficient (Wildman–Crippen LogP) is 3.58. The first-order chi connectivity index (χ1) is 20.0. The van der Waals surface area contributed by atoms with Crippen LogP contribution in [-0.4, -0.2) is 75.1 Å². The van der Waals surface area contributed by atoms with Crippen LogP contribution in [0, 0.1) is 0 Å². The second-order valence-corrected chi connectivity index (χ2v) is 15.8. The van der Waals surface area contributed by atoms with E-state index in [4.69, 9.17) is 9.47 Å². The molecule has 0 amide bonds. The number of carbonyl (C=O) groups is 1. The fourth-order valence-electron chi connectivity index (χ4n) is 5.22. The molecule has 16 heteroatoms. The highest BCUT2D eigenvalue weighted by Gasteiger charge is 2.51. The van der Waals surface area contributed by atoms with Crippen LogP contribution in [0.2, 0.25) is 0 Å². The summed E-state index contributed by atoms with van der Waals surface area (Å²) in [5.74, 6) is -1.27. The van der Waals surface area contributed by atoms with Crippen LogP contribution in [0.1, 0.15) is 57.2 Å². The lowest BCUT2D eigenvalue weighted by atomic mass is 10.1. The average Bonchev–Trinajstić information content (AvgIpc) is 3.71. The summed E-state index contributed by atoms with van der Waals surface area (Å²) in [5.41, 5.74) is -1.98. The number of methoxy groups -OCH3 is 1. The monoisotopic (exact) mass is 649 g/mol. The first-order valence-electron chi connectivity index (χ1n) is 14.0. The minimum Gasteiger partial charge on any atom is -0.486 e. The Kier molecular flexibility index (Phi) is 8.16. The van der Waals surface area contributed by atoms with Crippen LogP contribution in [0.5, 0.6) is 11.6 Å². The van der Waals surface area contributed by atoms with Gasteiger partial charge in [-0.1, -0.05) is 6.07 Å². The van der Waals surface area contributed by atoms with Gasteiger partial charge in [0.05, 0.1) is 42.5 Å². The number of aromatic nitrogens is 2. The number of hydrogen-bond donors (Lipinski definition) is 0. The van der Waals surface area contributed by atoms with Crippen molar-refractivity contribution in [2.24, 2.45) is 0 Å². The van der Waals surface area contributed by atoms with Gasteiger partial charge in [0, 0.05) is 6.54 Å². The lowest BCUT2D eigenvalue weighted by molar-refractivity contribution is -0.257. The molecule has 43 heavy (non-hydrogen) atoms. The maximum Gasteiger partial charge on any atom is 0.427 e. The van der Waals surface area contributed by atoms with Gasteiger partial charge in [-0.15, -0.1) is 5.10 Å². The third-order valence-corrected chi connectivity index (χ3v) is 12.0. The zero-order valence-electron chi connectivity index (χ0n) is 24.0. The lowest BCUT2D eigenvalue weighted by Gasteiger charge is -2.36. The molecule has 0 saturated heterocycles. The molecule has 1 aromatic carbocycles. The highest BCUT2D eigenvalue weighted by Crippen LogP contribution is 2.42. The maximum atomic E-state index is 14.4. The molecule has 5 rings (SSSR count). The van der Waals surface area contributed by atoms with E-state index in [1.165, 1.54) is 25.3 Å². The van der Waals surface area contributed by atoms with E-state index in [1.807, 2.05) is 0 Å². The van der Waals surface area contributed by atoms with E-state index in [0.717, 1.165) is 31.0 Å². The molecule has 1 atom stereocenters. The fourth-order valence-corrected chi connectivity index (χ4v) is 8.83. The van der Waals surface area contributed by atoms with Crippen molar-refractivity contribution < 1.29 is 49.0 Å². The third-order valence-electron chi connectivity index (χ3n) is 7.87. The van der Waals surface area contributed by atoms with E-state index in [0.29, 0.717) is 31.5 Å². The number of carbonyl (C=O) groups excluding carboxylic acids is 1. The number of rotatable bonds is 10. The van der Waals surface area contributed by atoms with Crippen molar-refractivity contribution in [3.05, 3.63) is 29.5 Å². The Balaban J connectivity index is 1.50. The number of sulfone groups is 1. The van der Waals surface area contributed by atoms with Gasteiger partial charge >= 0.3 is 12.1 Å². The van der Waals surface area contributed by atoms with Gasteiger partial charge in [0.2, 0.25) is 5.60 Å².